The number of hydrogen-bond acceptors (Lipinski definition) is 6. The predicted octanol–water partition coefficient (Wildman–Crippen LogP) is 1.94. The second-order valence-corrected chi connectivity index (χ2v) is 7.00. The van der Waals surface area contributed by atoms with Gasteiger partial charge in [-0.1, -0.05) is 5.10 Å². The van der Waals surface area contributed by atoms with Crippen molar-refractivity contribution in [3.63, 3.8) is 0 Å². The fourth-order valence-electron chi connectivity index (χ4n) is 2.16. The molecule has 2 atom stereocenters. The van der Waals surface area contributed by atoms with Crippen molar-refractivity contribution in [2.75, 3.05) is 12.3 Å². The Bertz CT molecular complexity index is 627. The first-order valence-electron chi connectivity index (χ1n) is 6.23. The fraction of sp³-hybridized carbons (Fsp3) is 0.417. The molecule has 1 aliphatic carbocycles. The van der Waals surface area contributed by atoms with Gasteiger partial charge in [0.2, 0.25) is 11.8 Å². The molecule has 3 rings (SSSR count). The maximum absolute atomic E-state index is 12.0. The molecule has 0 spiro atoms. The summed E-state index contributed by atoms with van der Waals surface area (Å²) in [5, 5.41) is 12.3. The van der Waals surface area contributed by atoms with E-state index in [9.17, 15) is 4.79 Å². The molecule has 1 saturated carbocycles. The molecular weight excluding hydrogens is 344 g/mol. The number of anilines is 1. The van der Waals surface area contributed by atoms with E-state index in [0.717, 1.165) is 10.2 Å². The molecule has 0 aromatic carbocycles. The summed E-state index contributed by atoms with van der Waals surface area (Å²) in [7, 11) is 0. The van der Waals surface area contributed by atoms with Crippen LogP contribution in [-0.2, 0) is 11.2 Å². The number of aromatic nitrogens is 2. The van der Waals surface area contributed by atoms with Crippen molar-refractivity contribution in [2.24, 2.45) is 5.92 Å². The molecule has 1 fully saturated rings. The van der Waals surface area contributed by atoms with Crippen molar-refractivity contribution in [3.05, 3.63) is 26.7 Å². The van der Waals surface area contributed by atoms with E-state index in [1.807, 2.05) is 0 Å². The van der Waals surface area contributed by atoms with Crippen LogP contribution in [0.1, 0.15) is 23.8 Å². The molecule has 0 bridgehead atoms. The van der Waals surface area contributed by atoms with Crippen molar-refractivity contribution >= 4 is 39.2 Å². The summed E-state index contributed by atoms with van der Waals surface area (Å²) in [4.78, 5) is 12.0. The summed E-state index contributed by atoms with van der Waals surface area (Å²) in [6.45, 7) is 0.483. The first-order chi connectivity index (χ1) is 9.63. The van der Waals surface area contributed by atoms with Crippen LogP contribution in [0.2, 0.25) is 0 Å². The van der Waals surface area contributed by atoms with Crippen LogP contribution < -0.4 is 11.1 Å². The number of nitrogen functional groups attached to an aromatic ring is 1. The largest absolute Gasteiger partial charge is 0.408 e. The average molecular weight is 357 g/mol. The minimum absolute atomic E-state index is 0.0524. The van der Waals surface area contributed by atoms with Crippen LogP contribution in [0.25, 0.3) is 0 Å². The van der Waals surface area contributed by atoms with Crippen molar-refractivity contribution in [2.45, 2.75) is 18.8 Å². The van der Waals surface area contributed by atoms with Crippen LogP contribution in [0, 0.1) is 5.92 Å². The lowest BCUT2D eigenvalue weighted by Gasteiger charge is -2.02. The van der Waals surface area contributed by atoms with Crippen molar-refractivity contribution in [1.29, 1.82) is 0 Å². The minimum atomic E-state index is 0.0524. The Hall–Kier alpha value is -1.41. The topological polar surface area (TPSA) is 94.0 Å². The summed E-state index contributed by atoms with van der Waals surface area (Å²) in [6, 6.07) is 2.14. The van der Waals surface area contributed by atoms with Gasteiger partial charge in [-0.3, -0.25) is 4.79 Å². The van der Waals surface area contributed by atoms with E-state index in [-0.39, 0.29) is 17.8 Å². The molecule has 3 N–H and O–H groups in total. The van der Waals surface area contributed by atoms with E-state index in [1.54, 1.807) is 11.3 Å². The zero-order valence-corrected chi connectivity index (χ0v) is 12.9. The van der Waals surface area contributed by atoms with Gasteiger partial charge < -0.3 is 15.5 Å². The van der Waals surface area contributed by atoms with Crippen molar-refractivity contribution < 1.29 is 9.21 Å². The lowest BCUT2D eigenvalue weighted by molar-refractivity contribution is -0.122. The number of nitrogens with one attached hydrogen (secondary N) is 1. The molecule has 1 aliphatic rings. The third kappa shape index (κ3) is 3.01. The van der Waals surface area contributed by atoms with Gasteiger partial charge in [-0.05, 0) is 45.3 Å². The number of carbonyl (C=O) groups is 1. The van der Waals surface area contributed by atoms with E-state index in [2.05, 4.69) is 42.9 Å². The van der Waals surface area contributed by atoms with Crippen LogP contribution in [0.4, 0.5) is 6.01 Å². The van der Waals surface area contributed by atoms with Crippen molar-refractivity contribution in [3.8, 4) is 0 Å². The highest BCUT2D eigenvalue weighted by Crippen LogP contribution is 2.49. The number of halogens is 1. The third-order valence-electron chi connectivity index (χ3n) is 3.26. The predicted molar refractivity (Wildman–Crippen MR) is 78.3 cm³/mol. The highest BCUT2D eigenvalue weighted by molar-refractivity contribution is 9.11. The summed E-state index contributed by atoms with van der Waals surface area (Å²) in [5.74, 6) is 0.975. The van der Waals surface area contributed by atoms with Gasteiger partial charge in [0.05, 0.1) is 3.79 Å². The Labute approximate surface area is 127 Å². The molecule has 0 aliphatic heterocycles. The average Bonchev–Trinajstić information content (AvgIpc) is 2.94. The highest BCUT2D eigenvalue weighted by Gasteiger charge is 2.44. The number of nitrogens with two attached hydrogens (primary N) is 1. The van der Waals surface area contributed by atoms with Crippen LogP contribution in [0.5, 0.6) is 0 Å². The summed E-state index contributed by atoms with van der Waals surface area (Å²) in [6.07, 6.45) is 1.42. The smallest absolute Gasteiger partial charge is 0.312 e. The number of carbonyl (C=O) groups excluding carboxylic acids is 1. The molecule has 2 heterocycles. The van der Waals surface area contributed by atoms with Gasteiger partial charge in [-0.25, -0.2) is 0 Å². The molecule has 1 amide bonds. The monoisotopic (exact) mass is 356 g/mol. The minimum Gasteiger partial charge on any atom is -0.408 e. The van der Waals surface area contributed by atoms with Gasteiger partial charge in [0.1, 0.15) is 0 Å². The molecule has 106 valence electrons. The molecule has 0 radical (unpaired) electrons. The molecule has 2 aromatic heterocycles. The Balaban J connectivity index is 1.44. The van der Waals surface area contributed by atoms with E-state index >= 15 is 0 Å². The van der Waals surface area contributed by atoms with Gasteiger partial charge >= 0.3 is 6.01 Å². The lowest BCUT2D eigenvalue weighted by atomic mass is 10.2. The normalized spacial score (nSPS) is 20.9. The van der Waals surface area contributed by atoms with E-state index in [4.69, 9.17) is 10.2 Å². The molecule has 2 aromatic rings. The van der Waals surface area contributed by atoms with E-state index in [0.29, 0.717) is 24.8 Å². The van der Waals surface area contributed by atoms with Gasteiger partial charge in [0.25, 0.3) is 0 Å². The SMILES string of the molecule is Nc1nnc(CCNC(=O)[C@@H]2C[C@H]2c2csc(Br)c2)o1. The third-order valence-corrected chi connectivity index (χ3v) is 4.79. The van der Waals surface area contributed by atoms with Gasteiger partial charge in [0.15, 0.2) is 0 Å². The zero-order valence-electron chi connectivity index (χ0n) is 10.5. The summed E-state index contributed by atoms with van der Waals surface area (Å²) < 4.78 is 6.14. The number of rotatable bonds is 5. The second-order valence-electron chi connectivity index (χ2n) is 4.71. The van der Waals surface area contributed by atoms with Gasteiger partial charge in [-0.2, -0.15) is 0 Å². The standard InChI is InChI=1S/C12H13BrN4O2S/c13-9-3-6(5-20-9)7-4-8(7)11(18)15-2-1-10-16-17-12(14)19-10/h3,5,7-8H,1-2,4H2,(H2,14,17)(H,15,18)/t7-,8+/m0/s1. The number of thiophene rings is 1. The van der Waals surface area contributed by atoms with E-state index < -0.39 is 0 Å². The van der Waals surface area contributed by atoms with Crippen LogP contribution in [0.3, 0.4) is 0 Å². The Morgan fingerprint density at radius 1 is 1.60 bits per heavy atom. The maximum atomic E-state index is 12.0. The highest BCUT2D eigenvalue weighted by atomic mass is 79.9. The Kier molecular flexibility index (Phi) is 3.75. The van der Waals surface area contributed by atoms with Gasteiger partial charge in [0, 0.05) is 18.9 Å². The van der Waals surface area contributed by atoms with Gasteiger partial charge in [-0.15, -0.1) is 16.4 Å². The van der Waals surface area contributed by atoms with Crippen LogP contribution in [-0.4, -0.2) is 22.6 Å². The number of hydrogen-bond donors (Lipinski definition) is 2. The Morgan fingerprint density at radius 3 is 3.10 bits per heavy atom. The van der Waals surface area contributed by atoms with E-state index in [1.165, 1.54) is 5.56 Å². The molecular formula is C12H13BrN4O2S. The molecule has 0 unspecified atom stereocenters. The summed E-state index contributed by atoms with van der Waals surface area (Å²) >= 11 is 5.09. The molecule has 20 heavy (non-hydrogen) atoms. The first-order valence-corrected chi connectivity index (χ1v) is 7.90. The van der Waals surface area contributed by atoms with Crippen molar-refractivity contribution in [1.82, 2.24) is 15.5 Å². The number of amides is 1. The lowest BCUT2D eigenvalue weighted by Crippen LogP contribution is -2.27. The van der Waals surface area contributed by atoms with Crippen LogP contribution >= 0.6 is 27.3 Å². The fourth-order valence-corrected chi connectivity index (χ4v) is 3.40. The number of nitrogens with zero attached hydrogens (tertiary/aromatic N) is 2. The molecule has 6 nitrogen and oxygen atoms in total. The quantitative estimate of drug-likeness (QED) is 0.853. The second kappa shape index (κ2) is 5.53. The molecule has 8 heteroatoms. The summed E-state index contributed by atoms with van der Waals surface area (Å²) in [5.41, 5.74) is 6.56. The zero-order chi connectivity index (χ0) is 14.1. The van der Waals surface area contributed by atoms with Crippen LogP contribution in [0.15, 0.2) is 19.6 Å². The Morgan fingerprint density at radius 2 is 2.45 bits per heavy atom. The maximum Gasteiger partial charge on any atom is 0.312 e. The molecule has 0 saturated heterocycles. The first kappa shape index (κ1) is 13.6.